The second kappa shape index (κ2) is 6.65. The van der Waals surface area contributed by atoms with Crippen LogP contribution in [0.3, 0.4) is 0 Å². The van der Waals surface area contributed by atoms with E-state index < -0.39 is 0 Å². The molecule has 106 valence electrons. The molecule has 0 aliphatic heterocycles. The third-order valence-electron chi connectivity index (χ3n) is 2.93. The van der Waals surface area contributed by atoms with Crippen molar-refractivity contribution in [2.45, 2.75) is 26.8 Å². The van der Waals surface area contributed by atoms with Crippen LogP contribution < -0.4 is 10.9 Å². The van der Waals surface area contributed by atoms with Gasteiger partial charge >= 0.3 is 0 Å². The maximum atomic E-state index is 12.1. The molecule has 0 spiro atoms. The van der Waals surface area contributed by atoms with Crippen LogP contribution in [0.4, 0.5) is 5.82 Å². The topological polar surface area (TPSA) is 59.8 Å². The SMILES string of the molecule is CCCNc1cc(Cn2c(C)ncc(Br)c2=O)ccn1. The number of halogens is 1. The largest absolute Gasteiger partial charge is 0.370 e. The van der Waals surface area contributed by atoms with Crippen LogP contribution in [0.2, 0.25) is 0 Å². The fourth-order valence-electron chi connectivity index (χ4n) is 1.84. The molecular weight excluding hydrogens is 320 g/mol. The molecule has 0 bridgehead atoms. The van der Waals surface area contributed by atoms with E-state index >= 15 is 0 Å². The minimum Gasteiger partial charge on any atom is -0.370 e. The second-order valence-electron chi connectivity index (χ2n) is 4.52. The third kappa shape index (κ3) is 3.45. The summed E-state index contributed by atoms with van der Waals surface area (Å²) in [6.07, 6.45) is 4.33. The fourth-order valence-corrected chi connectivity index (χ4v) is 2.16. The number of pyridine rings is 1. The van der Waals surface area contributed by atoms with Crippen molar-refractivity contribution in [1.29, 1.82) is 0 Å². The fraction of sp³-hybridized carbons (Fsp3) is 0.357. The molecule has 1 N–H and O–H groups in total. The Morgan fingerprint density at radius 1 is 1.40 bits per heavy atom. The molecule has 0 saturated carbocycles. The Hall–Kier alpha value is -1.69. The summed E-state index contributed by atoms with van der Waals surface area (Å²) in [4.78, 5) is 20.5. The van der Waals surface area contributed by atoms with E-state index in [0.717, 1.165) is 24.3 Å². The normalized spacial score (nSPS) is 10.6. The van der Waals surface area contributed by atoms with Gasteiger partial charge in [-0.05, 0) is 47.0 Å². The number of hydrogen-bond donors (Lipinski definition) is 1. The van der Waals surface area contributed by atoms with Gasteiger partial charge in [-0.2, -0.15) is 0 Å². The average Bonchev–Trinajstić information content (AvgIpc) is 2.46. The molecule has 0 fully saturated rings. The number of rotatable bonds is 5. The first-order valence-electron chi connectivity index (χ1n) is 6.52. The number of hydrogen-bond acceptors (Lipinski definition) is 4. The van der Waals surface area contributed by atoms with Crippen LogP contribution in [0.5, 0.6) is 0 Å². The van der Waals surface area contributed by atoms with E-state index in [1.165, 1.54) is 6.20 Å². The van der Waals surface area contributed by atoms with Crippen LogP contribution >= 0.6 is 15.9 Å². The molecule has 0 aliphatic rings. The molecule has 0 saturated heterocycles. The van der Waals surface area contributed by atoms with E-state index in [1.54, 1.807) is 10.8 Å². The molecule has 2 aromatic rings. The molecule has 0 atom stereocenters. The lowest BCUT2D eigenvalue weighted by Crippen LogP contribution is -2.24. The summed E-state index contributed by atoms with van der Waals surface area (Å²) < 4.78 is 2.12. The monoisotopic (exact) mass is 336 g/mol. The first-order valence-corrected chi connectivity index (χ1v) is 7.32. The third-order valence-corrected chi connectivity index (χ3v) is 3.47. The van der Waals surface area contributed by atoms with Crippen LogP contribution in [0.15, 0.2) is 33.8 Å². The molecule has 2 heterocycles. The zero-order valence-corrected chi connectivity index (χ0v) is 13.1. The summed E-state index contributed by atoms with van der Waals surface area (Å²) in [6.45, 7) is 5.30. The van der Waals surface area contributed by atoms with Crippen LogP contribution in [-0.2, 0) is 6.54 Å². The Kier molecular flexibility index (Phi) is 4.89. The van der Waals surface area contributed by atoms with Gasteiger partial charge in [-0.1, -0.05) is 6.92 Å². The van der Waals surface area contributed by atoms with Crippen molar-refractivity contribution in [3.63, 3.8) is 0 Å². The Labute approximate surface area is 126 Å². The van der Waals surface area contributed by atoms with Crippen molar-refractivity contribution in [3.8, 4) is 0 Å². The van der Waals surface area contributed by atoms with Gasteiger partial charge < -0.3 is 5.32 Å². The highest BCUT2D eigenvalue weighted by molar-refractivity contribution is 9.10. The number of nitrogens with zero attached hydrogens (tertiary/aromatic N) is 3. The quantitative estimate of drug-likeness (QED) is 0.911. The molecule has 2 rings (SSSR count). The molecule has 20 heavy (non-hydrogen) atoms. The van der Waals surface area contributed by atoms with E-state index in [0.29, 0.717) is 16.8 Å². The molecule has 0 aliphatic carbocycles. The van der Waals surface area contributed by atoms with Crippen LogP contribution in [0.25, 0.3) is 0 Å². The van der Waals surface area contributed by atoms with Crippen molar-refractivity contribution < 1.29 is 0 Å². The zero-order chi connectivity index (χ0) is 14.5. The van der Waals surface area contributed by atoms with Crippen LogP contribution in [-0.4, -0.2) is 21.1 Å². The van der Waals surface area contributed by atoms with E-state index in [-0.39, 0.29) is 5.56 Å². The first-order chi connectivity index (χ1) is 9.61. The zero-order valence-electron chi connectivity index (χ0n) is 11.6. The van der Waals surface area contributed by atoms with E-state index in [2.05, 4.69) is 38.1 Å². The molecule has 2 aromatic heterocycles. The van der Waals surface area contributed by atoms with Crippen molar-refractivity contribution in [1.82, 2.24) is 14.5 Å². The Morgan fingerprint density at radius 3 is 2.95 bits per heavy atom. The molecule has 0 aromatic carbocycles. The predicted molar refractivity (Wildman–Crippen MR) is 83.1 cm³/mol. The van der Waals surface area contributed by atoms with Crippen LogP contribution in [0, 0.1) is 6.92 Å². The summed E-state index contributed by atoms with van der Waals surface area (Å²) in [7, 11) is 0. The van der Waals surface area contributed by atoms with Crippen molar-refractivity contribution in [3.05, 3.63) is 50.7 Å². The lowest BCUT2D eigenvalue weighted by atomic mass is 10.2. The second-order valence-corrected chi connectivity index (χ2v) is 5.38. The minimum absolute atomic E-state index is 0.0719. The van der Waals surface area contributed by atoms with E-state index in [9.17, 15) is 4.79 Å². The molecule has 0 unspecified atom stereocenters. The smallest absolute Gasteiger partial charge is 0.268 e. The predicted octanol–water partition coefficient (Wildman–Crippen LogP) is 2.58. The molecule has 0 radical (unpaired) electrons. The first kappa shape index (κ1) is 14.7. The van der Waals surface area contributed by atoms with E-state index in [1.807, 2.05) is 19.1 Å². The van der Waals surface area contributed by atoms with Crippen molar-refractivity contribution >= 4 is 21.7 Å². The summed E-state index contributed by atoms with van der Waals surface area (Å²) in [5.74, 6) is 1.52. The molecule has 6 heteroatoms. The maximum absolute atomic E-state index is 12.1. The average molecular weight is 337 g/mol. The van der Waals surface area contributed by atoms with E-state index in [4.69, 9.17) is 0 Å². The highest BCUT2D eigenvalue weighted by atomic mass is 79.9. The van der Waals surface area contributed by atoms with Gasteiger partial charge in [0, 0.05) is 18.9 Å². The summed E-state index contributed by atoms with van der Waals surface area (Å²) in [5, 5.41) is 3.24. The highest BCUT2D eigenvalue weighted by Crippen LogP contribution is 2.09. The van der Waals surface area contributed by atoms with Gasteiger partial charge in [-0.25, -0.2) is 9.97 Å². The minimum atomic E-state index is -0.0719. The number of aryl methyl sites for hydroxylation is 1. The van der Waals surface area contributed by atoms with Crippen molar-refractivity contribution in [2.24, 2.45) is 0 Å². The van der Waals surface area contributed by atoms with Gasteiger partial charge in [0.1, 0.15) is 16.1 Å². The molecule has 5 nitrogen and oxygen atoms in total. The van der Waals surface area contributed by atoms with Crippen LogP contribution in [0.1, 0.15) is 24.7 Å². The molecular formula is C14H17BrN4O. The van der Waals surface area contributed by atoms with Gasteiger partial charge in [0.2, 0.25) is 0 Å². The van der Waals surface area contributed by atoms with Gasteiger partial charge in [0.25, 0.3) is 5.56 Å². The summed E-state index contributed by atoms with van der Waals surface area (Å²) in [6, 6.07) is 3.87. The number of nitrogens with one attached hydrogen (secondary N) is 1. The standard InChI is InChI=1S/C14H17BrN4O/c1-3-5-16-13-7-11(4-6-17-13)9-19-10(2)18-8-12(15)14(19)20/h4,6-8H,3,5,9H2,1-2H3,(H,16,17). The maximum Gasteiger partial charge on any atom is 0.268 e. The molecule has 0 amide bonds. The number of aromatic nitrogens is 3. The lowest BCUT2D eigenvalue weighted by Gasteiger charge is -2.10. The van der Waals surface area contributed by atoms with Crippen molar-refractivity contribution in [2.75, 3.05) is 11.9 Å². The van der Waals surface area contributed by atoms with Gasteiger partial charge in [0.05, 0.1) is 6.54 Å². The summed E-state index contributed by atoms with van der Waals surface area (Å²) in [5.41, 5.74) is 0.945. The van der Waals surface area contributed by atoms with Gasteiger partial charge in [-0.3, -0.25) is 9.36 Å². The van der Waals surface area contributed by atoms with Gasteiger partial charge in [-0.15, -0.1) is 0 Å². The lowest BCUT2D eigenvalue weighted by molar-refractivity contribution is 0.695. The number of anilines is 1. The van der Waals surface area contributed by atoms with Gasteiger partial charge in [0.15, 0.2) is 0 Å². The Bertz CT molecular complexity index is 654. The Balaban J connectivity index is 2.26. The highest BCUT2D eigenvalue weighted by Gasteiger charge is 2.06. The Morgan fingerprint density at radius 2 is 2.20 bits per heavy atom. The summed E-state index contributed by atoms with van der Waals surface area (Å²) >= 11 is 3.22.